The number of rotatable bonds is 7. The summed E-state index contributed by atoms with van der Waals surface area (Å²) in [6, 6.07) is 17.5. The summed E-state index contributed by atoms with van der Waals surface area (Å²) < 4.78 is 60.8. The van der Waals surface area contributed by atoms with Crippen LogP contribution in [0.2, 0.25) is 0 Å². The Morgan fingerprint density at radius 3 is 2.48 bits per heavy atom. The van der Waals surface area contributed by atoms with Gasteiger partial charge in [0, 0.05) is 34.3 Å². The van der Waals surface area contributed by atoms with Crippen molar-refractivity contribution in [3.05, 3.63) is 96.2 Å². The van der Waals surface area contributed by atoms with E-state index in [9.17, 15) is 22.0 Å². The molecular formula is C28H21F2N5O4S. The number of fused-ring (bicyclic) bond motifs is 1. The fourth-order valence-corrected chi connectivity index (χ4v) is 5.29. The number of primary amides is 1. The second-order valence-electron chi connectivity index (χ2n) is 8.73. The molecule has 2 aromatic heterocycles. The highest BCUT2D eigenvalue weighted by Crippen LogP contribution is 2.34. The van der Waals surface area contributed by atoms with Gasteiger partial charge >= 0.3 is 0 Å². The molecule has 0 fully saturated rings. The molecule has 0 aliphatic heterocycles. The largest absolute Gasteiger partial charge is 0.480 e. The molecule has 0 aliphatic rings. The van der Waals surface area contributed by atoms with Gasteiger partial charge in [-0.1, -0.05) is 18.2 Å². The van der Waals surface area contributed by atoms with Gasteiger partial charge in [0.05, 0.1) is 12.6 Å². The van der Waals surface area contributed by atoms with E-state index in [4.69, 9.17) is 16.2 Å². The number of aromatic nitrogens is 2. The van der Waals surface area contributed by atoms with Gasteiger partial charge in [0.1, 0.15) is 28.0 Å². The molecule has 0 bridgehead atoms. The van der Waals surface area contributed by atoms with Crippen molar-refractivity contribution >= 4 is 38.3 Å². The third-order valence-corrected chi connectivity index (χ3v) is 7.51. The number of sulfonamides is 1. The van der Waals surface area contributed by atoms with Crippen LogP contribution in [0.1, 0.15) is 10.4 Å². The first kappa shape index (κ1) is 26.5. The summed E-state index contributed by atoms with van der Waals surface area (Å²) in [5.74, 6) is -2.51. The molecule has 0 saturated carbocycles. The lowest BCUT2D eigenvalue weighted by Gasteiger charge is -2.14. The van der Waals surface area contributed by atoms with Crippen molar-refractivity contribution in [1.82, 2.24) is 9.97 Å². The Morgan fingerprint density at radius 2 is 1.75 bits per heavy atom. The highest BCUT2D eigenvalue weighted by molar-refractivity contribution is 7.92. The Kier molecular flexibility index (Phi) is 6.78. The molecule has 0 saturated heterocycles. The molecule has 5 rings (SSSR count). The highest BCUT2D eigenvalue weighted by Gasteiger charge is 2.22. The maximum Gasteiger partial charge on any atom is 0.264 e. The van der Waals surface area contributed by atoms with Gasteiger partial charge in [0.2, 0.25) is 11.8 Å². The third kappa shape index (κ3) is 5.12. The van der Waals surface area contributed by atoms with Crippen molar-refractivity contribution in [2.24, 2.45) is 5.73 Å². The van der Waals surface area contributed by atoms with Crippen molar-refractivity contribution in [2.75, 3.05) is 17.6 Å². The molecule has 0 atom stereocenters. The van der Waals surface area contributed by atoms with E-state index in [0.717, 1.165) is 12.1 Å². The van der Waals surface area contributed by atoms with Crippen molar-refractivity contribution in [1.29, 1.82) is 0 Å². The van der Waals surface area contributed by atoms with E-state index >= 15 is 0 Å². The molecule has 12 heteroatoms. The summed E-state index contributed by atoms with van der Waals surface area (Å²) in [4.78, 5) is 19.6. The minimum absolute atomic E-state index is 0.0526. The van der Waals surface area contributed by atoms with Gasteiger partial charge in [0.25, 0.3) is 10.0 Å². The van der Waals surface area contributed by atoms with Crippen LogP contribution in [0.5, 0.6) is 5.88 Å². The molecule has 5 N–H and O–H groups in total. The lowest BCUT2D eigenvalue weighted by atomic mass is 9.99. The first-order valence-corrected chi connectivity index (χ1v) is 13.2. The summed E-state index contributed by atoms with van der Waals surface area (Å²) in [5, 5.41) is 0.706. The average Bonchev–Trinajstić information content (AvgIpc) is 2.92. The minimum Gasteiger partial charge on any atom is -0.480 e. The quantitative estimate of drug-likeness (QED) is 0.260. The van der Waals surface area contributed by atoms with Crippen LogP contribution < -0.4 is 20.9 Å². The molecule has 3 aromatic carbocycles. The fourth-order valence-electron chi connectivity index (χ4n) is 4.18. The zero-order valence-electron chi connectivity index (χ0n) is 20.9. The monoisotopic (exact) mass is 561 g/mol. The summed E-state index contributed by atoms with van der Waals surface area (Å²) >= 11 is 0. The van der Waals surface area contributed by atoms with Gasteiger partial charge in [-0.15, -0.1) is 0 Å². The maximum absolute atomic E-state index is 14.2. The molecule has 1 amide bonds. The number of nitrogens with zero attached hydrogens (tertiary/aromatic N) is 2. The van der Waals surface area contributed by atoms with Crippen LogP contribution in [0.25, 0.3) is 33.2 Å². The summed E-state index contributed by atoms with van der Waals surface area (Å²) in [6.07, 6.45) is 1.48. The standard InChI is InChI=1S/C28H21F2N5O4S/c1-39-28-24(35-40(37,38)25-8-6-20(29)13-22(25)30)12-19(14-33-28)15-5-7-23-18(9-15)11-21(26(31)34-23)16-3-2-4-17(10-16)27(32)36/h2-14,35H,1H3,(H2,31,34)(H2,32,36). The lowest BCUT2D eigenvalue weighted by Crippen LogP contribution is -2.15. The van der Waals surface area contributed by atoms with Gasteiger partial charge < -0.3 is 16.2 Å². The fraction of sp³-hybridized carbons (Fsp3) is 0.0357. The van der Waals surface area contributed by atoms with E-state index in [1.807, 2.05) is 12.1 Å². The summed E-state index contributed by atoms with van der Waals surface area (Å²) in [7, 11) is -3.14. The number of ether oxygens (including phenoxy) is 1. The Hall–Kier alpha value is -5.10. The third-order valence-electron chi connectivity index (χ3n) is 6.11. The van der Waals surface area contributed by atoms with E-state index in [0.29, 0.717) is 44.8 Å². The number of anilines is 2. The SMILES string of the molecule is COc1ncc(-c2ccc3nc(N)c(-c4cccc(C(N)=O)c4)cc3c2)cc1NS(=O)(=O)c1ccc(F)cc1F. The number of methoxy groups -OCH3 is 1. The zero-order chi connectivity index (χ0) is 28.6. The van der Waals surface area contributed by atoms with Crippen molar-refractivity contribution in [3.8, 4) is 28.1 Å². The van der Waals surface area contributed by atoms with Crippen molar-refractivity contribution < 1.29 is 26.7 Å². The number of carbonyl (C=O) groups excluding carboxylic acids is 1. The molecule has 0 radical (unpaired) electrons. The van der Waals surface area contributed by atoms with Gasteiger partial charge in [-0.3, -0.25) is 9.52 Å². The molecule has 5 aromatic rings. The van der Waals surface area contributed by atoms with Gasteiger partial charge in [-0.25, -0.2) is 27.2 Å². The Balaban J connectivity index is 1.55. The predicted molar refractivity (Wildman–Crippen MR) is 147 cm³/mol. The topological polar surface area (TPSA) is 150 Å². The normalized spacial score (nSPS) is 11.4. The molecule has 0 spiro atoms. The van der Waals surface area contributed by atoms with E-state index in [1.165, 1.54) is 19.4 Å². The summed E-state index contributed by atoms with van der Waals surface area (Å²) in [6.45, 7) is 0. The number of carbonyl (C=O) groups is 1. The molecule has 40 heavy (non-hydrogen) atoms. The van der Waals surface area contributed by atoms with Gasteiger partial charge in [-0.2, -0.15) is 0 Å². The molecule has 2 heterocycles. The molecule has 202 valence electrons. The number of pyridine rings is 2. The Bertz CT molecular complexity index is 1920. The van der Waals surface area contributed by atoms with Crippen molar-refractivity contribution in [3.63, 3.8) is 0 Å². The first-order chi connectivity index (χ1) is 19.1. The molecular weight excluding hydrogens is 540 g/mol. The van der Waals surface area contributed by atoms with E-state index < -0.39 is 32.5 Å². The number of nitrogens with one attached hydrogen (secondary N) is 1. The highest BCUT2D eigenvalue weighted by atomic mass is 32.2. The van der Waals surface area contributed by atoms with Crippen LogP contribution in [-0.4, -0.2) is 31.4 Å². The van der Waals surface area contributed by atoms with Crippen LogP contribution in [0, 0.1) is 11.6 Å². The van der Waals surface area contributed by atoms with Gasteiger partial charge in [0.15, 0.2) is 0 Å². The summed E-state index contributed by atoms with van der Waals surface area (Å²) in [5.41, 5.74) is 14.9. The zero-order valence-corrected chi connectivity index (χ0v) is 21.7. The minimum atomic E-state index is -4.45. The lowest BCUT2D eigenvalue weighted by molar-refractivity contribution is 0.100. The van der Waals surface area contributed by atoms with Crippen LogP contribution in [0.3, 0.4) is 0 Å². The Morgan fingerprint density at radius 1 is 0.950 bits per heavy atom. The number of benzene rings is 3. The number of hydrogen-bond donors (Lipinski definition) is 3. The van der Waals surface area contributed by atoms with Crippen LogP contribution in [0.15, 0.2) is 83.9 Å². The number of amides is 1. The number of hydrogen-bond acceptors (Lipinski definition) is 7. The second-order valence-corrected chi connectivity index (χ2v) is 10.4. The number of nitrogens with two attached hydrogens (primary N) is 2. The molecule has 0 aliphatic carbocycles. The smallest absolute Gasteiger partial charge is 0.264 e. The molecule has 0 unspecified atom stereocenters. The van der Waals surface area contributed by atoms with Crippen molar-refractivity contribution in [2.45, 2.75) is 4.90 Å². The van der Waals surface area contributed by atoms with Gasteiger partial charge in [-0.05, 0) is 59.7 Å². The Labute approximate surface area is 227 Å². The van der Waals surface area contributed by atoms with Crippen LogP contribution >= 0.6 is 0 Å². The predicted octanol–water partition coefficient (Wildman–Crippen LogP) is 4.73. The van der Waals surface area contributed by atoms with E-state index in [-0.39, 0.29) is 17.4 Å². The average molecular weight is 562 g/mol. The number of nitrogen functional groups attached to an aromatic ring is 1. The first-order valence-electron chi connectivity index (χ1n) is 11.7. The molecule has 9 nitrogen and oxygen atoms in total. The number of halogens is 2. The van der Waals surface area contributed by atoms with E-state index in [2.05, 4.69) is 14.7 Å². The van der Waals surface area contributed by atoms with E-state index in [1.54, 1.807) is 36.4 Å². The van der Waals surface area contributed by atoms with Crippen LogP contribution in [0.4, 0.5) is 20.3 Å². The maximum atomic E-state index is 14.2. The van der Waals surface area contributed by atoms with Crippen LogP contribution in [-0.2, 0) is 10.0 Å². The second kappa shape index (κ2) is 10.2.